The van der Waals surface area contributed by atoms with Crippen molar-refractivity contribution in [3.05, 3.63) is 22.7 Å². The van der Waals surface area contributed by atoms with Crippen molar-refractivity contribution < 1.29 is 35.7 Å². The van der Waals surface area contributed by atoms with E-state index in [0.717, 1.165) is 6.07 Å². The molecule has 0 spiro atoms. The topological polar surface area (TPSA) is 92.7 Å². The molecule has 1 aliphatic rings. The van der Waals surface area contributed by atoms with Crippen molar-refractivity contribution in [2.24, 2.45) is 0 Å². The van der Waals surface area contributed by atoms with E-state index in [9.17, 15) is 26.4 Å². The summed E-state index contributed by atoms with van der Waals surface area (Å²) < 4.78 is 73.3. The van der Waals surface area contributed by atoms with Gasteiger partial charge in [-0.15, -0.1) is 0 Å². The molecule has 1 amide bonds. The van der Waals surface area contributed by atoms with E-state index in [4.69, 9.17) is 20.9 Å². The number of benzene rings is 1. The summed E-state index contributed by atoms with van der Waals surface area (Å²) in [6.45, 7) is -0.376. The van der Waals surface area contributed by atoms with E-state index in [1.54, 1.807) is 5.32 Å². The molecule has 1 aliphatic heterocycles. The van der Waals surface area contributed by atoms with Crippen LogP contribution < -0.4 is 10.1 Å². The van der Waals surface area contributed by atoms with Gasteiger partial charge in [-0.25, -0.2) is 0 Å². The van der Waals surface area contributed by atoms with Crippen LogP contribution in [-0.2, 0) is 21.3 Å². The van der Waals surface area contributed by atoms with E-state index in [-0.39, 0.29) is 29.4 Å². The monoisotopic (exact) mass is 359 g/mol. The molecular formula is C11H9ClF3NO5S. The van der Waals surface area contributed by atoms with Crippen molar-refractivity contribution in [3.63, 3.8) is 0 Å². The first-order chi connectivity index (χ1) is 9.98. The number of rotatable bonds is 2. The molecule has 2 rings (SSSR count). The molecule has 0 bridgehead atoms. The number of halogens is 4. The summed E-state index contributed by atoms with van der Waals surface area (Å²) >= 11 is 5.72. The van der Waals surface area contributed by atoms with Crippen LogP contribution in [0.3, 0.4) is 0 Å². The number of hydrogen-bond acceptors (Lipinski definition) is 4. The summed E-state index contributed by atoms with van der Waals surface area (Å²) in [5.41, 5.74) is 0.166. The first kappa shape index (κ1) is 16.8. The molecule has 1 aromatic rings. The van der Waals surface area contributed by atoms with Crippen molar-refractivity contribution >= 4 is 27.6 Å². The minimum absolute atomic E-state index is 0.0437. The largest absolute Gasteiger partial charge is 0.490 e. The van der Waals surface area contributed by atoms with Crippen LogP contribution in [0.4, 0.5) is 13.2 Å². The molecule has 0 aliphatic carbocycles. The third-order valence-corrected chi connectivity index (χ3v) is 3.94. The van der Waals surface area contributed by atoms with Crippen LogP contribution >= 0.6 is 11.6 Å². The number of ether oxygens (including phenoxy) is 1. The smallest absolute Gasteiger partial charge is 0.471 e. The highest BCUT2D eigenvalue weighted by Gasteiger charge is 2.40. The minimum atomic E-state index is -5.03. The van der Waals surface area contributed by atoms with E-state index in [0.29, 0.717) is 0 Å². The highest BCUT2D eigenvalue weighted by Crippen LogP contribution is 2.35. The number of alkyl halides is 3. The van der Waals surface area contributed by atoms with Crippen molar-refractivity contribution in [1.82, 2.24) is 5.32 Å². The summed E-state index contributed by atoms with van der Waals surface area (Å²) in [7, 11) is -4.61. The van der Waals surface area contributed by atoms with Crippen LogP contribution in [0.5, 0.6) is 5.75 Å². The predicted molar refractivity (Wildman–Crippen MR) is 68.5 cm³/mol. The maximum absolute atomic E-state index is 12.2. The lowest BCUT2D eigenvalue weighted by Gasteiger charge is -2.27. The molecular weight excluding hydrogens is 351 g/mol. The Morgan fingerprint density at radius 1 is 1.41 bits per heavy atom. The molecule has 22 heavy (non-hydrogen) atoms. The molecule has 122 valence electrons. The SMILES string of the molecule is O=C(NC1COc2c(cc(Cl)cc2S(=O)(=O)O)C1)C(F)(F)F. The van der Waals surface area contributed by atoms with Crippen LogP contribution in [0.25, 0.3) is 0 Å². The summed E-state index contributed by atoms with van der Waals surface area (Å²) in [6, 6.07) is 1.25. The van der Waals surface area contributed by atoms with Crippen molar-refractivity contribution in [3.8, 4) is 5.75 Å². The van der Waals surface area contributed by atoms with Gasteiger partial charge in [0.2, 0.25) is 0 Å². The molecule has 1 unspecified atom stereocenters. The van der Waals surface area contributed by atoms with E-state index >= 15 is 0 Å². The minimum Gasteiger partial charge on any atom is -0.490 e. The molecule has 11 heteroatoms. The van der Waals surface area contributed by atoms with Crippen molar-refractivity contribution in [2.75, 3.05) is 6.61 Å². The number of carbonyl (C=O) groups excluding carboxylic acids is 1. The van der Waals surface area contributed by atoms with E-state index < -0.39 is 33.1 Å². The van der Waals surface area contributed by atoms with Crippen LogP contribution in [0, 0.1) is 0 Å². The maximum atomic E-state index is 12.2. The Labute approximate surface area is 128 Å². The normalized spacial score (nSPS) is 18.3. The Balaban J connectivity index is 2.29. The zero-order valence-electron chi connectivity index (χ0n) is 10.6. The highest BCUT2D eigenvalue weighted by molar-refractivity contribution is 7.86. The van der Waals surface area contributed by atoms with Gasteiger partial charge in [-0.2, -0.15) is 21.6 Å². The summed E-state index contributed by atoms with van der Waals surface area (Å²) in [6.07, 6.45) is -5.16. The quantitative estimate of drug-likeness (QED) is 0.782. The Kier molecular flexibility index (Phi) is 4.28. The predicted octanol–water partition coefficient (Wildman–Crippen LogP) is 1.57. The molecule has 0 saturated heterocycles. The van der Waals surface area contributed by atoms with E-state index in [1.165, 1.54) is 6.07 Å². The van der Waals surface area contributed by atoms with Crippen LogP contribution in [0.2, 0.25) is 5.02 Å². The fourth-order valence-electron chi connectivity index (χ4n) is 2.00. The standard InChI is InChI=1S/C11H9ClF3NO5S/c12-6-1-5-2-7(16-10(17)11(13,14)15)4-21-9(5)8(3-6)22(18,19)20/h1,3,7H,2,4H2,(H,16,17)(H,18,19,20). The number of amides is 1. The molecule has 2 N–H and O–H groups in total. The van der Waals surface area contributed by atoms with E-state index in [2.05, 4.69) is 0 Å². The van der Waals surface area contributed by atoms with Crippen LogP contribution in [-0.4, -0.2) is 37.7 Å². The average molecular weight is 360 g/mol. The fraction of sp³-hybridized carbons (Fsp3) is 0.364. The summed E-state index contributed by atoms with van der Waals surface area (Å²) in [4.78, 5) is 10.3. The third-order valence-electron chi connectivity index (χ3n) is 2.86. The van der Waals surface area contributed by atoms with Gasteiger partial charge in [-0.1, -0.05) is 11.6 Å². The van der Waals surface area contributed by atoms with Gasteiger partial charge in [0.05, 0.1) is 6.04 Å². The number of nitrogens with one attached hydrogen (secondary N) is 1. The van der Waals surface area contributed by atoms with Crippen molar-refractivity contribution in [2.45, 2.75) is 23.5 Å². The zero-order valence-corrected chi connectivity index (χ0v) is 12.2. The summed E-state index contributed by atoms with van der Waals surface area (Å²) in [5, 5.41) is 1.69. The van der Waals surface area contributed by atoms with Gasteiger partial charge in [-0.05, 0) is 24.1 Å². The molecule has 6 nitrogen and oxygen atoms in total. The van der Waals surface area contributed by atoms with Gasteiger partial charge in [0.25, 0.3) is 10.1 Å². The molecule has 0 radical (unpaired) electrons. The molecule has 1 heterocycles. The fourth-order valence-corrected chi connectivity index (χ4v) is 3.00. The second-order valence-electron chi connectivity index (χ2n) is 4.55. The maximum Gasteiger partial charge on any atom is 0.471 e. The Morgan fingerprint density at radius 2 is 2.05 bits per heavy atom. The number of carbonyl (C=O) groups is 1. The zero-order chi connectivity index (χ0) is 16.7. The van der Waals surface area contributed by atoms with E-state index in [1.807, 2.05) is 0 Å². The molecule has 1 aromatic carbocycles. The third kappa shape index (κ3) is 3.62. The molecule has 0 aromatic heterocycles. The first-order valence-electron chi connectivity index (χ1n) is 5.79. The van der Waals surface area contributed by atoms with Crippen LogP contribution in [0.1, 0.15) is 5.56 Å². The first-order valence-corrected chi connectivity index (χ1v) is 7.60. The van der Waals surface area contributed by atoms with Gasteiger partial charge >= 0.3 is 12.1 Å². The Morgan fingerprint density at radius 3 is 2.59 bits per heavy atom. The van der Waals surface area contributed by atoms with Gasteiger partial charge in [0.1, 0.15) is 17.3 Å². The van der Waals surface area contributed by atoms with Gasteiger partial charge in [0, 0.05) is 5.02 Å². The van der Waals surface area contributed by atoms with Crippen molar-refractivity contribution in [1.29, 1.82) is 0 Å². The number of hydrogen-bond donors (Lipinski definition) is 2. The molecule has 0 saturated carbocycles. The second-order valence-corrected chi connectivity index (χ2v) is 6.38. The Hall–Kier alpha value is -1.52. The average Bonchev–Trinajstić information content (AvgIpc) is 2.35. The highest BCUT2D eigenvalue weighted by atomic mass is 35.5. The summed E-state index contributed by atoms with van der Waals surface area (Å²) in [5.74, 6) is -2.31. The molecule has 0 fully saturated rings. The van der Waals surface area contributed by atoms with Gasteiger partial charge in [0.15, 0.2) is 0 Å². The van der Waals surface area contributed by atoms with Gasteiger partial charge in [-0.3, -0.25) is 9.35 Å². The number of fused-ring (bicyclic) bond motifs is 1. The Bertz CT molecular complexity index is 719. The second kappa shape index (κ2) is 5.60. The molecule has 1 atom stereocenters. The lowest BCUT2D eigenvalue weighted by atomic mass is 10.0. The van der Waals surface area contributed by atoms with Gasteiger partial charge < -0.3 is 10.1 Å². The lowest BCUT2D eigenvalue weighted by Crippen LogP contribution is -2.48. The van der Waals surface area contributed by atoms with Crippen LogP contribution in [0.15, 0.2) is 17.0 Å². The lowest BCUT2D eigenvalue weighted by molar-refractivity contribution is -0.174.